The van der Waals surface area contributed by atoms with E-state index in [1.54, 1.807) is 17.6 Å². The molecule has 0 saturated carbocycles. The highest BCUT2D eigenvalue weighted by Crippen LogP contribution is 2.15. The van der Waals surface area contributed by atoms with E-state index >= 15 is 0 Å². The van der Waals surface area contributed by atoms with Crippen molar-refractivity contribution in [3.05, 3.63) is 70.0 Å². The number of fused-ring (bicyclic) bond motifs is 1. The van der Waals surface area contributed by atoms with Crippen LogP contribution in [-0.4, -0.2) is 10.8 Å². The summed E-state index contributed by atoms with van der Waals surface area (Å²) in [5.41, 5.74) is 2.18. The van der Waals surface area contributed by atoms with E-state index in [4.69, 9.17) is 11.6 Å². The number of allylic oxidation sites excluding steroid dienone is 1. The van der Waals surface area contributed by atoms with Gasteiger partial charge in [0.15, 0.2) is 0 Å². The van der Waals surface area contributed by atoms with E-state index in [1.165, 1.54) is 4.70 Å². The third-order valence-corrected chi connectivity index (χ3v) is 4.45. The molecule has 0 fully saturated rings. The van der Waals surface area contributed by atoms with Gasteiger partial charge in [-0.05, 0) is 23.8 Å². The Kier molecular flexibility index (Phi) is 4.51. The third kappa shape index (κ3) is 3.35. The number of halogens is 1. The van der Waals surface area contributed by atoms with E-state index < -0.39 is 0 Å². The fourth-order valence-corrected chi connectivity index (χ4v) is 3.20. The van der Waals surface area contributed by atoms with Gasteiger partial charge >= 0.3 is 0 Å². The zero-order valence-electron chi connectivity index (χ0n) is 12.0. The van der Waals surface area contributed by atoms with Crippen molar-refractivity contribution >= 4 is 45.4 Å². The summed E-state index contributed by atoms with van der Waals surface area (Å²) < 4.78 is 3.21. The summed E-state index contributed by atoms with van der Waals surface area (Å²) in [6.07, 6.45) is 3.41. The molecule has 3 rings (SSSR count). The van der Waals surface area contributed by atoms with Crippen molar-refractivity contribution in [2.45, 2.75) is 0 Å². The molecular formula is C17H14ClN3S. The van der Waals surface area contributed by atoms with Gasteiger partial charge < -0.3 is 4.57 Å². The molecule has 5 heteroatoms. The molecule has 0 unspecified atom stereocenters. The van der Waals surface area contributed by atoms with Crippen molar-refractivity contribution in [3.8, 4) is 0 Å². The largest absolute Gasteiger partial charge is 0.318 e. The molecule has 0 atom stereocenters. The monoisotopic (exact) mass is 327 g/mol. The molecule has 0 bridgehead atoms. The molecule has 0 aliphatic heterocycles. The smallest absolute Gasteiger partial charge is 0.211 e. The van der Waals surface area contributed by atoms with Crippen molar-refractivity contribution in [2.24, 2.45) is 17.3 Å². The maximum atomic E-state index is 6.15. The summed E-state index contributed by atoms with van der Waals surface area (Å²) in [6.45, 7) is 0. The van der Waals surface area contributed by atoms with Gasteiger partial charge in [-0.15, -0.1) is 5.10 Å². The first-order valence-corrected chi connectivity index (χ1v) is 7.97. The summed E-state index contributed by atoms with van der Waals surface area (Å²) >= 11 is 7.75. The van der Waals surface area contributed by atoms with Gasteiger partial charge in [0.1, 0.15) is 0 Å². The lowest BCUT2D eigenvalue weighted by Crippen LogP contribution is -2.08. The first kappa shape index (κ1) is 14.8. The van der Waals surface area contributed by atoms with Crippen molar-refractivity contribution in [3.63, 3.8) is 0 Å². The molecule has 110 valence electrons. The minimum atomic E-state index is 0.540. The first-order valence-electron chi connectivity index (χ1n) is 6.78. The molecule has 0 saturated heterocycles. The van der Waals surface area contributed by atoms with Crippen molar-refractivity contribution < 1.29 is 0 Å². The zero-order valence-corrected chi connectivity index (χ0v) is 13.6. The van der Waals surface area contributed by atoms with E-state index in [2.05, 4.69) is 22.3 Å². The van der Waals surface area contributed by atoms with Crippen LogP contribution < -0.4 is 4.80 Å². The van der Waals surface area contributed by atoms with Gasteiger partial charge in [0.2, 0.25) is 4.80 Å². The maximum absolute atomic E-state index is 6.15. The number of aromatic nitrogens is 1. The van der Waals surface area contributed by atoms with E-state index in [0.29, 0.717) is 5.03 Å². The highest BCUT2D eigenvalue weighted by atomic mass is 35.5. The predicted molar refractivity (Wildman–Crippen MR) is 95.1 cm³/mol. The number of aryl methyl sites for hydroxylation is 1. The molecule has 0 amide bonds. The van der Waals surface area contributed by atoms with E-state index in [0.717, 1.165) is 15.9 Å². The molecule has 0 N–H and O–H groups in total. The van der Waals surface area contributed by atoms with Crippen LogP contribution in [0.25, 0.3) is 16.3 Å². The minimum absolute atomic E-state index is 0.540. The minimum Gasteiger partial charge on any atom is -0.318 e. The van der Waals surface area contributed by atoms with Crippen molar-refractivity contribution in [2.75, 3.05) is 0 Å². The van der Waals surface area contributed by atoms with Gasteiger partial charge in [-0.1, -0.05) is 65.4 Å². The predicted octanol–water partition coefficient (Wildman–Crippen LogP) is 4.41. The fraction of sp³-hybridized carbons (Fsp3) is 0.0588. The molecule has 0 radical (unpaired) electrons. The first-order chi connectivity index (χ1) is 10.7. The number of hydrogen-bond donors (Lipinski definition) is 0. The second-order valence-electron chi connectivity index (χ2n) is 4.70. The van der Waals surface area contributed by atoms with Gasteiger partial charge in [0.25, 0.3) is 0 Å². The number of thiazole rings is 1. The molecule has 3 nitrogen and oxygen atoms in total. The van der Waals surface area contributed by atoms with Crippen molar-refractivity contribution in [1.29, 1.82) is 0 Å². The molecule has 0 spiro atoms. The van der Waals surface area contributed by atoms with Crippen LogP contribution in [0, 0.1) is 0 Å². The van der Waals surface area contributed by atoms with Crippen LogP contribution in [0.1, 0.15) is 5.56 Å². The quantitative estimate of drug-likeness (QED) is 0.504. The second-order valence-corrected chi connectivity index (χ2v) is 6.14. The highest BCUT2D eigenvalue weighted by molar-refractivity contribution is 7.16. The second kappa shape index (κ2) is 6.73. The van der Waals surface area contributed by atoms with Crippen LogP contribution in [0.3, 0.4) is 0 Å². The van der Waals surface area contributed by atoms with E-state index in [-0.39, 0.29) is 0 Å². The average molecular weight is 328 g/mol. The van der Waals surface area contributed by atoms with Gasteiger partial charge in [0, 0.05) is 7.05 Å². The molecule has 22 heavy (non-hydrogen) atoms. The Morgan fingerprint density at radius 3 is 2.59 bits per heavy atom. The number of nitrogens with zero attached hydrogens (tertiary/aromatic N) is 3. The van der Waals surface area contributed by atoms with Crippen molar-refractivity contribution in [1.82, 2.24) is 4.57 Å². The lowest BCUT2D eigenvalue weighted by atomic mass is 10.2. The van der Waals surface area contributed by atoms with Crippen LogP contribution in [0.5, 0.6) is 0 Å². The summed E-state index contributed by atoms with van der Waals surface area (Å²) in [7, 11) is 1.98. The van der Waals surface area contributed by atoms with Gasteiger partial charge in [-0.3, -0.25) is 0 Å². The lowest BCUT2D eigenvalue weighted by molar-refractivity contribution is 0.889. The van der Waals surface area contributed by atoms with Gasteiger partial charge in [-0.25, -0.2) is 0 Å². The Balaban J connectivity index is 1.86. The summed E-state index contributed by atoms with van der Waals surface area (Å²) in [4.78, 5) is 0.835. The molecule has 0 aliphatic carbocycles. The molecule has 2 aromatic carbocycles. The standard InChI is InChI=1S/C17H14ClN3S/c1-21-15-9-5-6-10-16(15)22-17(21)20-19-12-14(18)11-13-7-3-2-4-8-13/h2-12H,1H3/b14-11-,19-12-,20-17+. The van der Waals surface area contributed by atoms with Gasteiger partial charge in [-0.2, -0.15) is 5.10 Å². The van der Waals surface area contributed by atoms with Crippen LogP contribution in [-0.2, 0) is 7.05 Å². The zero-order chi connectivity index (χ0) is 15.4. The lowest BCUT2D eigenvalue weighted by Gasteiger charge is -1.93. The third-order valence-electron chi connectivity index (χ3n) is 3.14. The maximum Gasteiger partial charge on any atom is 0.211 e. The summed E-state index contributed by atoms with van der Waals surface area (Å²) in [6, 6.07) is 18.0. The van der Waals surface area contributed by atoms with Crippen LogP contribution in [0.15, 0.2) is 69.8 Å². The fourth-order valence-electron chi connectivity index (χ4n) is 2.06. The summed E-state index contributed by atoms with van der Waals surface area (Å²) in [5.74, 6) is 0. The summed E-state index contributed by atoms with van der Waals surface area (Å²) in [5, 5.41) is 8.87. The normalized spacial score (nSPS) is 13.4. The Labute approximate surface area is 137 Å². The SMILES string of the molecule is Cn1\c(=N/N=C\C(Cl)=C\c2ccccc2)sc2ccccc21. The van der Waals surface area contributed by atoms with E-state index in [9.17, 15) is 0 Å². The van der Waals surface area contributed by atoms with Crippen LogP contribution >= 0.6 is 22.9 Å². The number of hydrogen-bond acceptors (Lipinski definition) is 3. The highest BCUT2D eigenvalue weighted by Gasteiger charge is 2.00. The Bertz CT molecular complexity index is 904. The molecule has 1 aromatic heterocycles. The topological polar surface area (TPSA) is 29.6 Å². The molecular weight excluding hydrogens is 314 g/mol. The number of para-hydroxylation sites is 1. The van der Waals surface area contributed by atoms with E-state index in [1.807, 2.05) is 60.2 Å². The van der Waals surface area contributed by atoms with Crippen LogP contribution in [0.2, 0.25) is 0 Å². The van der Waals surface area contributed by atoms with Crippen LogP contribution in [0.4, 0.5) is 0 Å². The average Bonchev–Trinajstić information content (AvgIpc) is 2.85. The Morgan fingerprint density at radius 2 is 1.82 bits per heavy atom. The Morgan fingerprint density at radius 1 is 1.09 bits per heavy atom. The molecule has 1 heterocycles. The van der Waals surface area contributed by atoms with Gasteiger partial charge in [0.05, 0.1) is 21.5 Å². The Hall–Kier alpha value is -2.17. The number of benzene rings is 2. The molecule has 0 aliphatic rings. The number of rotatable bonds is 3. The molecule has 3 aromatic rings.